The van der Waals surface area contributed by atoms with Crippen LogP contribution in [0.2, 0.25) is 0 Å². The molecule has 2 heterocycles. The molecular weight excluding hydrogens is 278 g/mol. The van der Waals surface area contributed by atoms with E-state index in [0.29, 0.717) is 17.8 Å². The van der Waals surface area contributed by atoms with Crippen molar-refractivity contribution >= 4 is 21.0 Å². The quantitative estimate of drug-likeness (QED) is 0.909. The molecule has 1 N–H and O–H groups in total. The van der Waals surface area contributed by atoms with E-state index in [2.05, 4.69) is 10.5 Å². The van der Waals surface area contributed by atoms with Crippen LogP contribution >= 0.6 is 0 Å². The average Bonchev–Trinajstić information content (AvgIpc) is 3.08. The summed E-state index contributed by atoms with van der Waals surface area (Å²) < 4.78 is 31.5. The molecule has 2 aromatic rings. The fraction of sp³-hybridized carbons (Fsp3) is 0.462. The Hall–Kier alpha value is -1.44. The topological polar surface area (TPSA) is 75.4 Å². The van der Waals surface area contributed by atoms with Crippen molar-refractivity contribution in [2.45, 2.75) is 18.2 Å². The zero-order valence-corrected chi connectivity index (χ0v) is 12.1. The molecule has 1 unspecified atom stereocenters. The number of rotatable bonds is 4. The molecule has 1 aliphatic rings. The van der Waals surface area contributed by atoms with Crippen LogP contribution < -0.4 is 5.32 Å². The highest BCUT2D eigenvalue weighted by molar-refractivity contribution is 7.88. The van der Waals surface area contributed by atoms with Crippen LogP contribution in [-0.2, 0) is 15.8 Å². The molecule has 1 saturated heterocycles. The van der Waals surface area contributed by atoms with Crippen LogP contribution in [0.15, 0.2) is 28.8 Å². The Morgan fingerprint density at radius 1 is 1.45 bits per heavy atom. The third-order valence-corrected chi connectivity index (χ3v) is 5.57. The minimum absolute atomic E-state index is 0.0261. The van der Waals surface area contributed by atoms with Crippen molar-refractivity contribution in [3.05, 3.63) is 30.0 Å². The summed E-state index contributed by atoms with van der Waals surface area (Å²) in [5.74, 6) is -0.128. The molecule has 3 rings (SSSR count). The Morgan fingerprint density at radius 2 is 2.25 bits per heavy atom. The second-order valence-corrected chi connectivity index (χ2v) is 7.07. The van der Waals surface area contributed by atoms with Crippen molar-refractivity contribution in [1.82, 2.24) is 14.8 Å². The van der Waals surface area contributed by atoms with Crippen molar-refractivity contribution in [2.24, 2.45) is 0 Å². The minimum Gasteiger partial charge on any atom is -0.356 e. The fourth-order valence-electron chi connectivity index (χ4n) is 2.49. The van der Waals surface area contributed by atoms with Gasteiger partial charge < -0.3 is 9.84 Å². The van der Waals surface area contributed by atoms with E-state index in [1.54, 1.807) is 13.1 Å². The van der Waals surface area contributed by atoms with Gasteiger partial charge in [-0.15, -0.1) is 0 Å². The number of likely N-dealkylation sites (N-methyl/N-ethyl adjacent to an activating group) is 1. The van der Waals surface area contributed by atoms with E-state index in [1.165, 1.54) is 4.31 Å². The summed E-state index contributed by atoms with van der Waals surface area (Å²) in [6.45, 7) is 1.56. The number of hydrogen-bond donors (Lipinski definition) is 1. The number of fused-ring (bicyclic) bond motifs is 1. The second-order valence-electron chi connectivity index (χ2n) is 5.04. The first-order valence-electron chi connectivity index (χ1n) is 6.57. The number of hydrogen-bond acceptors (Lipinski definition) is 5. The first-order valence-corrected chi connectivity index (χ1v) is 8.18. The van der Waals surface area contributed by atoms with Gasteiger partial charge in [0, 0.05) is 25.0 Å². The molecular formula is C13H17N3O3S. The standard InChI is InChI=1S/C13H17N3O3S/c1-16(10-6-7-14-8-10)20(17,18)9-12-11-4-2-3-5-13(11)19-15-12/h2-5,10,14H,6-9H2,1H3. The van der Waals surface area contributed by atoms with Crippen LogP contribution in [0.3, 0.4) is 0 Å². The number of para-hydroxylation sites is 1. The van der Waals surface area contributed by atoms with Crippen LogP contribution in [0.5, 0.6) is 0 Å². The van der Waals surface area contributed by atoms with Gasteiger partial charge in [0.15, 0.2) is 5.58 Å². The van der Waals surface area contributed by atoms with Gasteiger partial charge in [-0.2, -0.15) is 0 Å². The van der Waals surface area contributed by atoms with Gasteiger partial charge in [0.05, 0.1) is 0 Å². The summed E-state index contributed by atoms with van der Waals surface area (Å²) in [7, 11) is -1.75. The Labute approximate surface area is 117 Å². The van der Waals surface area contributed by atoms with E-state index in [-0.39, 0.29) is 11.8 Å². The van der Waals surface area contributed by atoms with Gasteiger partial charge >= 0.3 is 0 Å². The number of nitrogens with zero attached hydrogens (tertiary/aromatic N) is 2. The summed E-state index contributed by atoms with van der Waals surface area (Å²) in [5.41, 5.74) is 1.08. The van der Waals surface area contributed by atoms with Gasteiger partial charge in [0.25, 0.3) is 0 Å². The molecule has 1 aromatic heterocycles. The summed E-state index contributed by atoms with van der Waals surface area (Å²) in [4.78, 5) is 0. The lowest BCUT2D eigenvalue weighted by Crippen LogP contribution is -2.39. The maximum absolute atomic E-state index is 12.4. The van der Waals surface area contributed by atoms with Gasteiger partial charge in [-0.25, -0.2) is 12.7 Å². The van der Waals surface area contributed by atoms with Gasteiger partial charge in [-0.05, 0) is 25.1 Å². The lowest BCUT2D eigenvalue weighted by atomic mass is 10.2. The van der Waals surface area contributed by atoms with Crippen LogP contribution in [0, 0.1) is 0 Å². The predicted molar refractivity (Wildman–Crippen MR) is 75.7 cm³/mol. The van der Waals surface area contributed by atoms with Gasteiger partial charge in [-0.1, -0.05) is 17.3 Å². The molecule has 0 amide bonds. The Kier molecular flexibility index (Phi) is 3.49. The van der Waals surface area contributed by atoms with E-state index in [9.17, 15) is 8.42 Å². The normalized spacial score (nSPS) is 20.0. The molecule has 1 fully saturated rings. The van der Waals surface area contributed by atoms with E-state index in [4.69, 9.17) is 4.52 Å². The third-order valence-electron chi connectivity index (χ3n) is 3.76. The number of sulfonamides is 1. The molecule has 1 aliphatic heterocycles. The van der Waals surface area contributed by atoms with Crippen molar-refractivity contribution in [2.75, 3.05) is 20.1 Å². The lowest BCUT2D eigenvalue weighted by Gasteiger charge is -2.22. The Bertz CT molecular complexity index is 704. The molecule has 20 heavy (non-hydrogen) atoms. The minimum atomic E-state index is -3.39. The molecule has 1 atom stereocenters. The summed E-state index contributed by atoms with van der Waals surface area (Å²) in [5, 5.41) is 7.82. The number of nitrogens with one attached hydrogen (secondary N) is 1. The molecule has 0 aliphatic carbocycles. The molecule has 1 aromatic carbocycles. The van der Waals surface area contributed by atoms with E-state index in [0.717, 1.165) is 18.4 Å². The molecule has 0 radical (unpaired) electrons. The third kappa shape index (κ3) is 2.44. The highest BCUT2D eigenvalue weighted by Crippen LogP contribution is 2.22. The summed E-state index contributed by atoms with van der Waals surface area (Å²) in [6.07, 6.45) is 0.843. The SMILES string of the molecule is CN(C1CCNC1)S(=O)(=O)Cc1noc2ccccc12. The van der Waals surface area contributed by atoms with E-state index in [1.807, 2.05) is 18.2 Å². The molecule has 0 bridgehead atoms. The smallest absolute Gasteiger partial charge is 0.220 e. The molecule has 7 heteroatoms. The maximum atomic E-state index is 12.4. The van der Waals surface area contributed by atoms with Gasteiger partial charge in [0.1, 0.15) is 11.4 Å². The van der Waals surface area contributed by atoms with Crippen LogP contribution in [0.25, 0.3) is 11.0 Å². The van der Waals surface area contributed by atoms with Crippen molar-refractivity contribution in [3.8, 4) is 0 Å². The van der Waals surface area contributed by atoms with E-state index < -0.39 is 10.0 Å². The Balaban J connectivity index is 1.85. The van der Waals surface area contributed by atoms with Crippen molar-refractivity contribution < 1.29 is 12.9 Å². The second kappa shape index (κ2) is 5.16. The highest BCUT2D eigenvalue weighted by Gasteiger charge is 2.30. The van der Waals surface area contributed by atoms with E-state index >= 15 is 0 Å². The van der Waals surface area contributed by atoms with Crippen LogP contribution in [-0.4, -0.2) is 44.1 Å². The lowest BCUT2D eigenvalue weighted by molar-refractivity contribution is 0.385. The van der Waals surface area contributed by atoms with Crippen LogP contribution in [0.1, 0.15) is 12.1 Å². The number of benzene rings is 1. The van der Waals surface area contributed by atoms with Crippen molar-refractivity contribution in [1.29, 1.82) is 0 Å². The summed E-state index contributed by atoms with van der Waals surface area (Å²) >= 11 is 0. The van der Waals surface area contributed by atoms with Crippen LogP contribution in [0.4, 0.5) is 0 Å². The predicted octanol–water partition coefficient (Wildman–Crippen LogP) is 0.951. The number of aromatic nitrogens is 1. The maximum Gasteiger partial charge on any atom is 0.220 e. The molecule has 6 nitrogen and oxygen atoms in total. The largest absolute Gasteiger partial charge is 0.356 e. The average molecular weight is 295 g/mol. The molecule has 0 saturated carbocycles. The monoisotopic (exact) mass is 295 g/mol. The zero-order chi connectivity index (χ0) is 14.2. The van der Waals surface area contributed by atoms with Crippen molar-refractivity contribution in [3.63, 3.8) is 0 Å². The highest BCUT2D eigenvalue weighted by atomic mass is 32.2. The Morgan fingerprint density at radius 3 is 3.00 bits per heavy atom. The zero-order valence-electron chi connectivity index (χ0n) is 11.2. The summed E-state index contributed by atoms with van der Waals surface area (Å²) in [6, 6.07) is 7.32. The first kappa shape index (κ1) is 13.5. The fourth-order valence-corrected chi connectivity index (χ4v) is 3.89. The van der Waals surface area contributed by atoms with Gasteiger partial charge in [-0.3, -0.25) is 0 Å². The molecule has 0 spiro atoms. The van der Waals surface area contributed by atoms with Gasteiger partial charge in [0.2, 0.25) is 10.0 Å². The first-order chi connectivity index (χ1) is 9.58. The molecule has 108 valence electrons.